The van der Waals surface area contributed by atoms with E-state index in [4.69, 9.17) is 0 Å². The minimum absolute atomic E-state index is 0.0855. The first-order valence-corrected chi connectivity index (χ1v) is 10.5. The van der Waals surface area contributed by atoms with Crippen LogP contribution in [0.3, 0.4) is 0 Å². The monoisotopic (exact) mass is 397 g/mol. The van der Waals surface area contributed by atoms with E-state index in [9.17, 15) is 9.59 Å². The number of aromatic nitrogens is 1. The summed E-state index contributed by atoms with van der Waals surface area (Å²) in [4.78, 5) is 34.4. The van der Waals surface area contributed by atoms with Crippen molar-refractivity contribution in [1.29, 1.82) is 0 Å². The van der Waals surface area contributed by atoms with Crippen molar-refractivity contribution >= 4 is 23.2 Å². The number of nitrogens with zero attached hydrogens (tertiary/aromatic N) is 3. The molecular weight excluding hydrogens is 374 g/mol. The number of hydrogen-bond acceptors (Lipinski definition) is 3. The number of benzene rings is 2. The molecule has 150 valence electrons. The average molecular weight is 397 g/mol. The minimum Gasteiger partial charge on any atom is -0.308 e. The topological polar surface area (TPSA) is 53.5 Å². The third kappa shape index (κ3) is 3.26. The molecule has 5 heteroatoms. The molecule has 5 rings (SSSR count). The van der Waals surface area contributed by atoms with E-state index in [-0.39, 0.29) is 11.8 Å². The van der Waals surface area contributed by atoms with Gasteiger partial charge in [0.15, 0.2) is 0 Å². The van der Waals surface area contributed by atoms with E-state index in [1.807, 2.05) is 41.3 Å². The molecule has 2 aromatic carbocycles. The molecule has 0 unspecified atom stereocenters. The fraction of sp³-hybridized carbons (Fsp3) is 0.240. The van der Waals surface area contributed by atoms with Gasteiger partial charge in [-0.3, -0.25) is 14.6 Å². The first-order chi connectivity index (χ1) is 14.7. The molecule has 30 heavy (non-hydrogen) atoms. The van der Waals surface area contributed by atoms with E-state index in [0.29, 0.717) is 24.3 Å². The fourth-order valence-electron chi connectivity index (χ4n) is 4.46. The summed E-state index contributed by atoms with van der Waals surface area (Å²) >= 11 is 0. The predicted octanol–water partition coefficient (Wildman–Crippen LogP) is 4.27. The Balaban J connectivity index is 1.44. The first-order valence-electron chi connectivity index (χ1n) is 10.5. The molecule has 0 spiro atoms. The van der Waals surface area contributed by atoms with Gasteiger partial charge in [-0.1, -0.05) is 36.4 Å². The van der Waals surface area contributed by atoms with E-state index in [1.165, 1.54) is 11.1 Å². The lowest BCUT2D eigenvalue weighted by atomic mass is 10.0. The van der Waals surface area contributed by atoms with Gasteiger partial charge in [-0.05, 0) is 61.1 Å². The molecule has 0 saturated heterocycles. The standard InChI is InChI=1S/C25H23N3O2/c29-24(27-15-5-9-18-7-1-3-11-22(18)27)20-13-14-26-21(17-20)25(30)28-16-6-10-19-8-2-4-12-23(19)28/h1-4,7-8,11-14,17H,5-6,9-10,15-16H2. The average Bonchev–Trinajstić information content (AvgIpc) is 2.82. The minimum atomic E-state index is -0.157. The van der Waals surface area contributed by atoms with Crippen LogP contribution in [-0.4, -0.2) is 29.9 Å². The van der Waals surface area contributed by atoms with E-state index >= 15 is 0 Å². The Morgan fingerprint density at radius 1 is 0.733 bits per heavy atom. The smallest absolute Gasteiger partial charge is 0.276 e. The second kappa shape index (κ2) is 7.75. The summed E-state index contributed by atoms with van der Waals surface area (Å²) in [6.45, 7) is 1.34. The molecule has 0 saturated carbocycles. The number of amides is 2. The Hall–Kier alpha value is -3.47. The lowest BCUT2D eigenvalue weighted by molar-refractivity contribution is 0.0980. The van der Waals surface area contributed by atoms with Crippen LogP contribution in [0.25, 0.3) is 0 Å². The first kappa shape index (κ1) is 18.6. The Morgan fingerprint density at radius 3 is 1.93 bits per heavy atom. The fourth-order valence-corrected chi connectivity index (χ4v) is 4.46. The van der Waals surface area contributed by atoms with Crippen molar-refractivity contribution in [3.05, 3.63) is 89.2 Å². The summed E-state index contributed by atoms with van der Waals surface area (Å²) in [5.41, 5.74) is 5.07. The van der Waals surface area contributed by atoms with Crippen molar-refractivity contribution in [2.24, 2.45) is 0 Å². The van der Waals surface area contributed by atoms with E-state index in [0.717, 1.165) is 37.1 Å². The number of aryl methyl sites for hydroxylation is 2. The second-order valence-corrected chi connectivity index (χ2v) is 7.81. The molecule has 0 N–H and O–H groups in total. The Bertz CT molecular complexity index is 1040. The van der Waals surface area contributed by atoms with Crippen LogP contribution < -0.4 is 9.80 Å². The Labute approximate surface area is 176 Å². The van der Waals surface area contributed by atoms with Gasteiger partial charge < -0.3 is 9.80 Å². The van der Waals surface area contributed by atoms with Crippen LogP contribution in [0, 0.1) is 0 Å². The molecule has 0 bridgehead atoms. The summed E-state index contributed by atoms with van der Waals surface area (Å²) < 4.78 is 0. The van der Waals surface area contributed by atoms with Crippen molar-refractivity contribution in [2.45, 2.75) is 25.7 Å². The summed E-state index contributed by atoms with van der Waals surface area (Å²) in [5, 5.41) is 0. The van der Waals surface area contributed by atoms with Crippen LogP contribution >= 0.6 is 0 Å². The number of fused-ring (bicyclic) bond motifs is 2. The summed E-state index contributed by atoms with van der Waals surface area (Å²) in [6.07, 6.45) is 5.37. The van der Waals surface area contributed by atoms with Gasteiger partial charge in [0.2, 0.25) is 0 Å². The molecule has 2 aliphatic heterocycles. The SMILES string of the molecule is O=C(c1ccnc(C(=O)N2CCCc3ccccc32)c1)N1CCCc2ccccc21. The molecule has 5 nitrogen and oxygen atoms in total. The van der Waals surface area contributed by atoms with Gasteiger partial charge in [-0.2, -0.15) is 0 Å². The maximum Gasteiger partial charge on any atom is 0.276 e. The number of anilines is 2. The van der Waals surface area contributed by atoms with Crippen LogP contribution in [0.1, 0.15) is 44.8 Å². The Morgan fingerprint density at radius 2 is 1.30 bits per heavy atom. The van der Waals surface area contributed by atoms with E-state index in [1.54, 1.807) is 23.2 Å². The third-order valence-electron chi connectivity index (χ3n) is 5.94. The molecule has 1 aromatic heterocycles. The van der Waals surface area contributed by atoms with Crippen molar-refractivity contribution < 1.29 is 9.59 Å². The van der Waals surface area contributed by atoms with Crippen molar-refractivity contribution in [3.8, 4) is 0 Å². The van der Waals surface area contributed by atoms with Crippen LogP contribution in [-0.2, 0) is 12.8 Å². The molecule has 2 aliphatic rings. The molecule has 3 aromatic rings. The van der Waals surface area contributed by atoms with Crippen LogP contribution in [0.2, 0.25) is 0 Å². The number of hydrogen-bond donors (Lipinski definition) is 0. The summed E-state index contributed by atoms with van der Waals surface area (Å²) in [7, 11) is 0. The third-order valence-corrected chi connectivity index (χ3v) is 5.94. The van der Waals surface area contributed by atoms with Gasteiger partial charge in [0, 0.05) is 36.2 Å². The lowest BCUT2D eigenvalue weighted by Gasteiger charge is -2.30. The summed E-state index contributed by atoms with van der Waals surface area (Å²) in [6, 6.07) is 19.4. The lowest BCUT2D eigenvalue weighted by Crippen LogP contribution is -2.37. The van der Waals surface area contributed by atoms with Crippen LogP contribution in [0.15, 0.2) is 66.9 Å². The Kier molecular flexibility index (Phi) is 4.79. The highest BCUT2D eigenvalue weighted by Gasteiger charge is 2.27. The van der Waals surface area contributed by atoms with E-state index < -0.39 is 0 Å². The molecule has 0 aliphatic carbocycles. The number of pyridine rings is 1. The second-order valence-electron chi connectivity index (χ2n) is 7.81. The van der Waals surface area contributed by atoms with Crippen molar-refractivity contribution in [2.75, 3.05) is 22.9 Å². The number of carbonyl (C=O) groups excluding carboxylic acids is 2. The highest BCUT2D eigenvalue weighted by Crippen LogP contribution is 2.29. The van der Waals surface area contributed by atoms with Gasteiger partial charge in [-0.25, -0.2) is 0 Å². The van der Waals surface area contributed by atoms with Gasteiger partial charge >= 0.3 is 0 Å². The van der Waals surface area contributed by atoms with Gasteiger partial charge in [-0.15, -0.1) is 0 Å². The van der Waals surface area contributed by atoms with Gasteiger partial charge in [0.1, 0.15) is 5.69 Å². The van der Waals surface area contributed by atoms with Crippen molar-refractivity contribution in [3.63, 3.8) is 0 Å². The number of para-hydroxylation sites is 2. The molecule has 0 fully saturated rings. The zero-order valence-electron chi connectivity index (χ0n) is 16.8. The van der Waals surface area contributed by atoms with Gasteiger partial charge in [0.25, 0.3) is 11.8 Å². The number of carbonyl (C=O) groups is 2. The maximum absolute atomic E-state index is 13.3. The highest BCUT2D eigenvalue weighted by molar-refractivity contribution is 6.10. The highest BCUT2D eigenvalue weighted by atomic mass is 16.2. The molecule has 2 amide bonds. The van der Waals surface area contributed by atoms with Crippen LogP contribution in [0.5, 0.6) is 0 Å². The number of rotatable bonds is 2. The van der Waals surface area contributed by atoms with Gasteiger partial charge in [0.05, 0.1) is 0 Å². The normalized spacial score (nSPS) is 15.3. The molecule has 3 heterocycles. The molecule has 0 atom stereocenters. The maximum atomic E-state index is 13.3. The largest absolute Gasteiger partial charge is 0.308 e. The van der Waals surface area contributed by atoms with Crippen LogP contribution in [0.4, 0.5) is 11.4 Å². The molecular formula is C25H23N3O2. The zero-order chi connectivity index (χ0) is 20.5. The van der Waals surface area contributed by atoms with Crippen molar-refractivity contribution in [1.82, 2.24) is 4.98 Å². The molecule has 0 radical (unpaired) electrons. The summed E-state index contributed by atoms with van der Waals surface area (Å²) in [5.74, 6) is -0.242. The predicted molar refractivity (Wildman–Crippen MR) is 117 cm³/mol. The quantitative estimate of drug-likeness (QED) is 0.649. The van der Waals surface area contributed by atoms with E-state index in [2.05, 4.69) is 17.1 Å². The zero-order valence-corrected chi connectivity index (χ0v) is 16.8.